The van der Waals surface area contributed by atoms with Crippen molar-refractivity contribution in [2.75, 3.05) is 47.1 Å². The van der Waals surface area contributed by atoms with Crippen molar-refractivity contribution < 1.29 is 9.47 Å². The molecule has 0 saturated carbocycles. The van der Waals surface area contributed by atoms with Crippen molar-refractivity contribution in [3.8, 4) is 0 Å². The third-order valence-corrected chi connectivity index (χ3v) is 2.19. The van der Waals surface area contributed by atoms with Crippen LogP contribution in [0.4, 0.5) is 0 Å². The Morgan fingerprint density at radius 3 is 2.43 bits per heavy atom. The zero-order chi connectivity index (χ0) is 10.6. The minimum absolute atomic E-state index is 0.694. The summed E-state index contributed by atoms with van der Waals surface area (Å²) >= 11 is 0. The molecule has 0 N–H and O–H groups in total. The Hall–Kier alpha value is -0.120. The van der Waals surface area contributed by atoms with Crippen LogP contribution in [-0.4, -0.2) is 52.0 Å². The van der Waals surface area contributed by atoms with Crippen LogP contribution in [0.15, 0.2) is 0 Å². The quantitative estimate of drug-likeness (QED) is 0.505. The third-order valence-electron chi connectivity index (χ3n) is 2.19. The normalized spacial score (nSPS) is 11.1. The Morgan fingerprint density at radius 2 is 1.79 bits per heavy atom. The van der Waals surface area contributed by atoms with E-state index in [1.807, 2.05) is 0 Å². The first-order valence-corrected chi connectivity index (χ1v) is 5.56. The maximum absolute atomic E-state index is 5.38. The lowest BCUT2D eigenvalue weighted by Crippen LogP contribution is -2.24. The first-order valence-electron chi connectivity index (χ1n) is 5.56. The Bertz CT molecular complexity index is 109. The maximum Gasteiger partial charge on any atom is 0.0700 e. The molecule has 86 valence electrons. The van der Waals surface area contributed by atoms with Gasteiger partial charge in [-0.1, -0.05) is 19.8 Å². The molecule has 0 aliphatic rings. The fraction of sp³-hybridized carbons (Fsp3) is 1.00. The van der Waals surface area contributed by atoms with Crippen molar-refractivity contribution in [3.05, 3.63) is 0 Å². The number of methoxy groups -OCH3 is 1. The molecule has 14 heavy (non-hydrogen) atoms. The summed E-state index contributed by atoms with van der Waals surface area (Å²) in [5.41, 5.74) is 0. The molecule has 0 aromatic rings. The van der Waals surface area contributed by atoms with Gasteiger partial charge in [0.2, 0.25) is 0 Å². The average molecular weight is 203 g/mol. The second-order valence-electron chi connectivity index (χ2n) is 3.62. The number of ether oxygens (including phenoxy) is 2. The van der Waals surface area contributed by atoms with Gasteiger partial charge in [0, 0.05) is 13.7 Å². The molecule has 0 aliphatic heterocycles. The molecule has 3 nitrogen and oxygen atoms in total. The van der Waals surface area contributed by atoms with Gasteiger partial charge in [0.1, 0.15) is 0 Å². The molecule has 0 heterocycles. The van der Waals surface area contributed by atoms with Gasteiger partial charge < -0.3 is 14.4 Å². The summed E-state index contributed by atoms with van der Waals surface area (Å²) in [6.07, 6.45) is 3.91. The Kier molecular flexibility index (Phi) is 10.9. The van der Waals surface area contributed by atoms with Gasteiger partial charge in [-0.25, -0.2) is 0 Å². The number of hydrogen-bond acceptors (Lipinski definition) is 3. The highest BCUT2D eigenvalue weighted by Gasteiger charge is 1.97. The molecule has 0 rings (SSSR count). The molecule has 0 aromatic heterocycles. The van der Waals surface area contributed by atoms with E-state index >= 15 is 0 Å². The number of unbranched alkanes of at least 4 members (excludes halogenated alkanes) is 2. The van der Waals surface area contributed by atoms with E-state index in [1.165, 1.54) is 25.8 Å². The van der Waals surface area contributed by atoms with E-state index in [4.69, 9.17) is 9.47 Å². The van der Waals surface area contributed by atoms with E-state index in [9.17, 15) is 0 Å². The molecule has 0 unspecified atom stereocenters. The van der Waals surface area contributed by atoms with Crippen molar-refractivity contribution >= 4 is 0 Å². The van der Waals surface area contributed by atoms with E-state index in [-0.39, 0.29) is 0 Å². The minimum atomic E-state index is 0.694. The largest absolute Gasteiger partial charge is 0.382 e. The molecule has 0 saturated heterocycles. The van der Waals surface area contributed by atoms with Crippen LogP contribution in [-0.2, 0) is 9.47 Å². The lowest BCUT2D eigenvalue weighted by molar-refractivity contribution is 0.0604. The van der Waals surface area contributed by atoms with Crippen LogP contribution in [0.5, 0.6) is 0 Å². The van der Waals surface area contributed by atoms with Crippen molar-refractivity contribution in [3.63, 3.8) is 0 Å². The molecular weight excluding hydrogens is 178 g/mol. The topological polar surface area (TPSA) is 21.7 Å². The van der Waals surface area contributed by atoms with Gasteiger partial charge in [0.05, 0.1) is 19.8 Å². The van der Waals surface area contributed by atoms with Crippen molar-refractivity contribution in [1.29, 1.82) is 0 Å². The van der Waals surface area contributed by atoms with Crippen molar-refractivity contribution in [2.24, 2.45) is 0 Å². The predicted octanol–water partition coefficient (Wildman–Crippen LogP) is 1.77. The summed E-state index contributed by atoms with van der Waals surface area (Å²) in [7, 11) is 3.84. The number of likely N-dealkylation sites (N-methyl/N-ethyl adjacent to an activating group) is 1. The summed E-state index contributed by atoms with van der Waals surface area (Å²) in [5.74, 6) is 0. The van der Waals surface area contributed by atoms with Gasteiger partial charge in [-0.05, 0) is 20.0 Å². The van der Waals surface area contributed by atoms with Crippen LogP contribution in [0.2, 0.25) is 0 Å². The first-order chi connectivity index (χ1) is 6.81. The van der Waals surface area contributed by atoms with Gasteiger partial charge in [-0.15, -0.1) is 0 Å². The molecule has 0 bridgehead atoms. The molecule has 3 heteroatoms. The van der Waals surface area contributed by atoms with Crippen LogP contribution >= 0.6 is 0 Å². The summed E-state index contributed by atoms with van der Waals surface area (Å²) in [4.78, 5) is 2.32. The van der Waals surface area contributed by atoms with Crippen LogP contribution in [0.3, 0.4) is 0 Å². The van der Waals surface area contributed by atoms with E-state index in [0.717, 1.165) is 13.2 Å². The Balaban J connectivity index is 3.06. The highest BCUT2D eigenvalue weighted by atomic mass is 16.5. The predicted molar refractivity (Wildman–Crippen MR) is 59.7 cm³/mol. The molecule has 0 amide bonds. The average Bonchev–Trinajstić information content (AvgIpc) is 2.18. The van der Waals surface area contributed by atoms with Crippen molar-refractivity contribution in [2.45, 2.75) is 26.2 Å². The fourth-order valence-corrected chi connectivity index (χ4v) is 1.21. The molecule has 0 aliphatic carbocycles. The van der Waals surface area contributed by atoms with Crippen LogP contribution in [0.1, 0.15) is 26.2 Å². The zero-order valence-electron chi connectivity index (χ0n) is 9.92. The van der Waals surface area contributed by atoms with Gasteiger partial charge in [-0.3, -0.25) is 0 Å². The maximum atomic E-state index is 5.38. The summed E-state index contributed by atoms with van der Waals surface area (Å²) in [6.45, 7) is 6.65. The van der Waals surface area contributed by atoms with E-state index < -0.39 is 0 Å². The lowest BCUT2D eigenvalue weighted by Gasteiger charge is -2.16. The minimum Gasteiger partial charge on any atom is -0.382 e. The lowest BCUT2D eigenvalue weighted by atomic mass is 10.2. The molecule has 0 aromatic carbocycles. The molecule has 0 atom stereocenters. The second-order valence-corrected chi connectivity index (χ2v) is 3.62. The second kappa shape index (κ2) is 11.0. The SMILES string of the molecule is CCCCCN(C)CCOCCOC. The van der Waals surface area contributed by atoms with Gasteiger partial charge in [0.25, 0.3) is 0 Å². The molecule has 0 fully saturated rings. The van der Waals surface area contributed by atoms with Crippen LogP contribution < -0.4 is 0 Å². The number of hydrogen-bond donors (Lipinski definition) is 0. The van der Waals surface area contributed by atoms with E-state index in [1.54, 1.807) is 7.11 Å². The summed E-state index contributed by atoms with van der Waals surface area (Å²) in [6, 6.07) is 0. The molecule has 0 spiro atoms. The van der Waals surface area contributed by atoms with Crippen LogP contribution in [0.25, 0.3) is 0 Å². The van der Waals surface area contributed by atoms with Gasteiger partial charge in [0.15, 0.2) is 0 Å². The number of nitrogens with zero attached hydrogens (tertiary/aromatic N) is 1. The molecular formula is C11H25NO2. The van der Waals surface area contributed by atoms with Gasteiger partial charge in [-0.2, -0.15) is 0 Å². The van der Waals surface area contributed by atoms with E-state index in [0.29, 0.717) is 13.2 Å². The highest BCUT2D eigenvalue weighted by molar-refractivity contribution is 4.50. The monoisotopic (exact) mass is 203 g/mol. The first kappa shape index (κ1) is 13.9. The third kappa shape index (κ3) is 9.96. The van der Waals surface area contributed by atoms with Gasteiger partial charge >= 0.3 is 0 Å². The Morgan fingerprint density at radius 1 is 1.00 bits per heavy atom. The van der Waals surface area contributed by atoms with Crippen molar-refractivity contribution in [1.82, 2.24) is 4.90 Å². The summed E-state index contributed by atoms with van der Waals surface area (Å²) < 4.78 is 10.3. The molecule has 0 radical (unpaired) electrons. The highest BCUT2D eigenvalue weighted by Crippen LogP contribution is 1.95. The fourth-order valence-electron chi connectivity index (χ4n) is 1.21. The standard InChI is InChI=1S/C11H25NO2/c1-4-5-6-7-12(2)8-9-14-11-10-13-3/h4-11H2,1-3H3. The summed E-state index contributed by atoms with van der Waals surface area (Å²) in [5, 5.41) is 0. The van der Waals surface area contributed by atoms with Crippen LogP contribution in [0, 0.1) is 0 Å². The van der Waals surface area contributed by atoms with E-state index in [2.05, 4.69) is 18.9 Å². The zero-order valence-corrected chi connectivity index (χ0v) is 9.92. The number of rotatable bonds is 10. The Labute approximate surface area is 88.4 Å². The smallest absolute Gasteiger partial charge is 0.0700 e.